The highest BCUT2D eigenvalue weighted by Gasteiger charge is 2.20. The molecule has 2 N–H and O–H groups in total. The normalized spacial score (nSPS) is 10.6. The third-order valence-electron chi connectivity index (χ3n) is 4.31. The first kappa shape index (κ1) is 15.5. The Morgan fingerprint density at radius 1 is 0.962 bits per heavy atom. The average Bonchev–Trinajstić information content (AvgIpc) is 3.19. The van der Waals surface area contributed by atoms with Crippen molar-refractivity contribution >= 4 is 39.3 Å². The van der Waals surface area contributed by atoms with E-state index in [-0.39, 0.29) is 27.5 Å². The minimum absolute atomic E-state index is 0.119. The van der Waals surface area contributed by atoms with Crippen LogP contribution in [-0.4, -0.2) is 22.8 Å². The van der Waals surface area contributed by atoms with Gasteiger partial charge in [0.2, 0.25) is 11.8 Å². The fourth-order valence-electron chi connectivity index (χ4n) is 3.26. The van der Waals surface area contributed by atoms with Gasteiger partial charge in [0.1, 0.15) is 18.1 Å². The van der Waals surface area contributed by atoms with E-state index >= 15 is 0 Å². The predicted octanol–water partition coefficient (Wildman–Crippen LogP) is 0.753. The van der Waals surface area contributed by atoms with Crippen LogP contribution in [0.2, 0.25) is 0 Å². The van der Waals surface area contributed by atoms with Crippen LogP contribution in [0.3, 0.4) is 0 Å². The fraction of sp³-hybridized carbons (Fsp3) is 0. The van der Waals surface area contributed by atoms with Crippen LogP contribution >= 0.6 is 0 Å². The largest absolute Gasteiger partial charge is 0.444 e. The zero-order valence-corrected chi connectivity index (χ0v) is 13.3. The Labute approximate surface area is 145 Å². The number of hydrogen-bond donors (Lipinski definition) is 1. The number of carbonyl (C=O) groups is 1. The molecule has 0 aliphatic heterocycles. The molecule has 1 heterocycles. The van der Waals surface area contributed by atoms with E-state index in [0.717, 1.165) is 0 Å². The molecule has 1 amide bonds. The molecule has 0 spiro atoms. The van der Waals surface area contributed by atoms with Gasteiger partial charge in [-0.05, 0) is 6.07 Å². The number of aromatic nitrogens is 1. The molecule has 0 fully saturated rings. The van der Waals surface area contributed by atoms with E-state index < -0.39 is 5.91 Å². The third kappa shape index (κ3) is 2.08. The van der Waals surface area contributed by atoms with Crippen molar-refractivity contribution in [3.63, 3.8) is 0 Å². The molecule has 6 heteroatoms. The van der Waals surface area contributed by atoms with Crippen molar-refractivity contribution in [1.29, 1.82) is 0 Å². The highest BCUT2D eigenvalue weighted by molar-refractivity contribution is 6.13. The summed E-state index contributed by atoms with van der Waals surface area (Å²) < 4.78 is 5.36. The second kappa shape index (κ2) is 5.83. The smallest absolute Gasteiger partial charge is 0.249 e. The Balaban J connectivity index is 2.46. The number of nitrogens with two attached hydrogens (primary N) is 1. The molecule has 4 rings (SSSR count). The van der Waals surface area contributed by atoms with Crippen LogP contribution in [0.25, 0.3) is 33.0 Å². The van der Waals surface area contributed by atoms with Crippen LogP contribution in [0.15, 0.2) is 53.3 Å². The van der Waals surface area contributed by atoms with Crippen LogP contribution in [0.4, 0.5) is 0 Å². The Hall–Kier alpha value is -3.98. The van der Waals surface area contributed by atoms with Gasteiger partial charge < -0.3 is 10.2 Å². The molecule has 124 valence electrons. The minimum atomic E-state index is -0.707. The van der Waals surface area contributed by atoms with Crippen molar-refractivity contribution in [3.8, 4) is 11.5 Å². The molecule has 4 aromatic rings. The lowest BCUT2D eigenvalue weighted by molar-refractivity contribution is 0.100. The third-order valence-corrected chi connectivity index (χ3v) is 4.31. The molecule has 0 aliphatic carbocycles. The standard InChI is InChI=1S/C20H10N2O4/c21-19(25)14-6-5-13-15(9-23)11-3-1-2-4-12(11)16(10-24)17(13)18(14)20-22-7-8-26-20/h1-8H,(H2,21,25). The van der Waals surface area contributed by atoms with Crippen molar-refractivity contribution in [2.24, 2.45) is 5.73 Å². The second-order valence-electron chi connectivity index (χ2n) is 5.61. The molecule has 0 aliphatic rings. The summed E-state index contributed by atoms with van der Waals surface area (Å²) in [6.45, 7) is 0. The molecule has 0 bridgehead atoms. The number of oxazole rings is 1. The molecule has 1 aromatic heterocycles. The molecule has 0 atom stereocenters. The molecule has 0 saturated heterocycles. The summed E-state index contributed by atoms with van der Waals surface area (Å²) in [7, 11) is 0. The van der Waals surface area contributed by atoms with E-state index in [2.05, 4.69) is 4.98 Å². The molecule has 0 unspecified atom stereocenters. The summed E-state index contributed by atoms with van der Waals surface area (Å²) in [5.41, 5.74) is 5.88. The number of rotatable bonds is 2. The SMILES string of the molecule is NC(=O)c1ccc2c(=C=O)c3ccccc3c(=C=O)c2c1-c1ncco1. The summed E-state index contributed by atoms with van der Waals surface area (Å²) in [6.07, 6.45) is 2.76. The zero-order valence-electron chi connectivity index (χ0n) is 13.3. The van der Waals surface area contributed by atoms with Gasteiger partial charge in [-0.2, -0.15) is 0 Å². The van der Waals surface area contributed by atoms with Gasteiger partial charge in [-0.25, -0.2) is 14.6 Å². The molecular formula is C20H10N2O4. The molecule has 3 aromatic carbocycles. The predicted molar refractivity (Wildman–Crippen MR) is 94.3 cm³/mol. The quantitative estimate of drug-likeness (QED) is 0.542. The van der Waals surface area contributed by atoms with Gasteiger partial charge in [-0.15, -0.1) is 0 Å². The van der Waals surface area contributed by atoms with E-state index in [1.807, 2.05) is 11.9 Å². The van der Waals surface area contributed by atoms with E-state index in [4.69, 9.17) is 10.2 Å². The van der Waals surface area contributed by atoms with Crippen LogP contribution < -0.4 is 16.2 Å². The van der Waals surface area contributed by atoms with Gasteiger partial charge in [-0.3, -0.25) is 4.79 Å². The first-order valence-electron chi connectivity index (χ1n) is 7.64. The molecule has 0 radical (unpaired) electrons. The number of nitrogens with zero attached hydrogens (tertiary/aromatic N) is 1. The van der Waals surface area contributed by atoms with Gasteiger partial charge in [-0.1, -0.05) is 30.3 Å². The Morgan fingerprint density at radius 3 is 2.23 bits per heavy atom. The maximum atomic E-state index is 12.0. The van der Waals surface area contributed by atoms with Gasteiger partial charge in [0.25, 0.3) is 0 Å². The van der Waals surface area contributed by atoms with E-state index in [1.54, 1.807) is 30.3 Å². The van der Waals surface area contributed by atoms with E-state index in [0.29, 0.717) is 21.5 Å². The van der Waals surface area contributed by atoms with Crippen LogP contribution in [0.5, 0.6) is 0 Å². The summed E-state index contributed by atoms with van der Waals surface area (Å²) in [6, 6.07) is 9.97. The van der Waals surface area contributed by atoms with Crippen molar-refractivity contribution in [2.45, 2.75) is 0 Å². The molecule has 26 heavy (non-hydrogen) atoms. The lowest BCUT2D eigenvalue weighted by Gasteiger charge is -2.10. The second-order valence-corrected chi connectivity index (χ2v) is 5.61. The summed E-state index contributed by atoms with van der Waals surface area (Å²) in [5.74, 6) is 3.28. The highest BCUT2D eigenvalue weighted by atomic mass is 16.3. The summed E-state index contributed by atoms with van der Waals surface area (Å²) in [5, 5.41) is 2.33. The number of amides is 1. The maximum absolute atomic E-state index is 12.0. The summed E-state index contributed by atoms with van der Waals surface area (Å²) in [4.78, 5) is 39.6. The van der Waals surface area contributed by atoms with Crippen LogP contribution in [0, 0.1) is 0 Å². The van der Waals surface area contributed by atoms with Gasteiger partial charge in [0.05, 0.1) is 27.8 Å². The lowest BCUT2D eigenvalue weighted by atomic mass is 9.92. The van der Waals surface area contributed by atoms with Gasteiger partial charge in [0, 0.05) is 21.5 Å². The van der Waals surface area contributed by atoms with Gasteiger partial charge >= 0.3 is 0 Å². The van der Waals surface area contributed by atoms with Gasteiger partial charge in [0.15, 0.2) is 0 Å². The monoisotopic (exact) mass is 342 g/mol. The van der Waals surface area contributed by atoms with Crippen molar-refractivity contribution in [1.82, 2.24) is 4.98 Å². The first-order chi connectivity index (χ1) is 12.7. The fourth-order valence-corrected chi connectivity index (χ4v) is 3.26. The number of hydrogen-bond acceptors (Lipinski definition) is 5. The van der Waals surface area contributed by atoms with Crippen LogP contribution in [-0.2, 0) is 9.59 Å². The minimum Gasteiger partial charge on any atom is -0.444 e. The number of benzene rings is 3. The van der Waals surface area contributed by atoms with Crippen molar-refractivity contribution < 1.29 is 18.8 Å². The lowest BCUT2D eigenvalue weighted by Crippen LogP contribution is -2.20. The molecular weight excluding hydrogens is 332 g/mol. The first-order valence-corrected chi connectivity index (χ1v) is 7.64. The number of primary amides is 1. The average molecular weight is 342 g/mol. The van der Waals surface area contributed by atoms with Crippen LogP contribution in [0.1, 0.15) is 10.4 Å². The Morgan fingerprint density at radius 2 is 1.65 bits per heavy atom. The molecule has 0 saturated carbocycles. The zero-order chi connectivity index (χ0) is 18.3. The molecule has 6 nitrogen and oxygen atoms in total. The Bertz CT molecular complexity index is 1360. The number of carbonyl (C=O) groups excluding carboxylic acids is 3. The maximum Gasteiger partial charge on any atom is 0.249 e. The number of fused-ring (bicyclic) bond motifs is 2. The Kier molecular flexibility index (Phi) is 3.48. The van der Waals surface area contributed by atoms with Crippen molar-refractivity contribution in [3.05, 3.63) is 64.9 Å². The van der Waals surface area contributed by atoms with E-state index in [1.165, 1.54) is 18.5 Å². The highest BCUT2D eigenvalue weighted by Crippen LogP contribution is 2.29. The van der Waals surface area contributed by atoms with Crippen molar-refractivity contribution in [2.75, 3.05) is 0 Å². The summed E-state index contributed by atoms with van der Waals surface area (Å²) >= 11 is 0. The van der Waals surface area contributed by atoms with E-state index in [9.17, 15) is 14.4 Å². The topological polar surface area (TPSA) is 103 Å².